The summed E-state index contributed by atoms with van der Waals surface area (Å²) < 4.78 is 25.9. The molecule has 2 atom stereocenters. The molecule has 1 aromatic rings. The maximum absolute atomic E-state index is 12.9. The van der Waals surface area contributed by atoms with Crippen molar-refractivity contribution in [2.24, 2.45) is 5.92 Å². The van der Waals surface area contributed by atoms with Gasteiger partial charge in [0.2, 0.25) is 0 Å². The minimum Gasteiger partial charge on any atom is -0.310 e. The lowest BCUT2D eigenvalue weighted by molar-refractivity contribution is -0.0101. The first kappa shape index (κ1) is 15.4. The molecule has 112 valence electrons. The molecule has 2 nitrogen and oxygen atoms in total. The van der Waals surface area contributed by atoms with Gasteiger partial charge in [-0.1, -0.05) is 44.2 Å². The number of halogens is 2. The van der Waals surface area contributed by atoms with Gasteiger partial charge in [-0.05, 0) is 18.4 Å². The Kier molecular flexibility index (Phi) is 4.76. The van der Waals surface area contributed by atoms with E-state index in [-0.39, 0.29) is 18.1 Å². The average Bonchev–Trinajstić information content (AvgIpc) is 2.41. The van der Waals surface area contributed by atoms with Crippen molar-refractivity contribution in [1.82, 2.24) is 10.2 Å². The van der Waals surface area contributed by atoms with Crippen molar-refractivity contribution >= 4 is 0 Å². The van der Waals surface area contributed by atoms with E-state index in [1.807, 2.05) is 42.2 Å². The molecule has 2 unspecified atom stereocenters. The van der Waals surface area contributed by atoms with E-state index >= 15 is 0 Å². The van der Waals surface area contributed by atoms with Gasteiger partial charge in [-0.15, -0.1) is 0 Å². The Bertz CT molecular complexity index is 422. The zero-order valence-corrected chi connectivity index (χ0v) is 12.4. The van der Waals surface area contributed by atoms with Gasteiger partial charge in [-0.3, -0.25) is 4.90 Å². The van der Waals surface area contributed by atoms with Crippen molar-refractivity contribution in [3.8, 4) is 0 Å². The maximum Gasteiger partial charge on any atom is 0.251 e. The van der Waals surface area contributed by atoms with Crippen LogP contribution in [0.3, 0.4) is 0 Å². The quantitative estimate of drug-likeness (QED) is 0.913. The molecule has 1 aliphatic heterocycles. The predicted octanol–water partition coefficient (Wildman–Crippen LogP) is 3.10. The van der Waals surface area contributed by atoms with Crippen LogP contribution >= 0.6 is 0 Å². The Balaban J connectivity index is 2.26. The van der Waals surface area contributed by atoms with Crippen LogP contribution in [0.1, 0.15) is 26.3 Å². The molecule has 0 amide bonds. The fourth-order valence-electron chi connectivity index (χ4n) is 2.92. The molecule has 1 heterocycles. The third kappa shape index (κ3) is 3.18. The number of alkyl halides is 2. The molecule has 2 rings (SSSR count). The zero-order chi connectivity index (χ0) is 14.8. The topological polar surface area (TPSA) is 15.3 Å². The van der Waals surface area contributed by atoms with Crippen molar-refractivity contribution in [1.29, 1.82) is 0 Å². The SMILES string of the molecule is CC(C)C1CN(CC(F)F)C(C)(c2ccccc2)CN1. The van der Waals surface area contributed by atoms with Crippen molar-refractivity contribution in [2.45, 2.75) is 38.8 Å². The van der Waals surface area contributed by atoms with Crippen LogP contribution in [0.5, 0.6) is 0 Å². The smallest absolute Gasteiger partial charge is 0.251 e. The summed E-state index contributed by atoms with van der Waals surface area (Å²) in [5.74, 6) is 0.440. The van der Waals surface area contributed by atoms with Gasteiger partial charge in [0.1, 0.15) is 0 Å². The van der Waals surface area contributed by atoms with Gasteiger partial charge in [0, 0.05) is 19.1 Å². The van der Waals surface area contributed by atoms with E-state index < -0.39 is 6.43 Å². The molecule has 1 saturated heterocycles. The van der Waals surface area contributed by atoms with E-state index in [9.17, 15) is 8.78 Å². The summed E-state index contributed by atoms with van der Waals surface area (Å²) in [5, 5.41) is 3.52. The molecule has 1 aliphatic rings. The first-order chi connectivity index (χ1) is 9.43. The van der Waals surface area contributed by atoms with Crippen LogP contribution in [0, 0.1) is 5.92 Å². The van der Waals surface area contributed by atoms with E-state index in [4.69, 9.17) is 0 Å². The predicted molar refractivity (Wildman–Crippen MR) is 78.0 cm³/mol. The van der Waals surface area contributed by atoms with Crippen molar-refractivity contribution in [3.63, 3.8) is 0 Å². The van der Waals surface area contributed by atoms with Gasteiger partial charge in [-0.2, -0.15) is 0 Å². The highest BCUT2D eigenvalue weighted by atomic mass is 19.3. The second kappa shape index (κ2) is 6.19. The highest BCUT2D eigenvalue weighted by Crippen LogP contribution is 2.32. The lowest BCUT2D eigenvalue weighted by atomic mass is 9.85. The average molecular weight is 282 g/mol. The summed E-state index contributed by atoms with van der Waals surface area (Å²) in [6.45, 7) is 7.50. The molecular formula is C16H24F2N2. The Morgan fingerprint density at radius 3 is 2.50 bits per heavy atom. The van der Waals surface area contributed by atoms with Gasteiger partial charge in [0.05, 0.1) is 12.1 Å². The minimum atomic E-state index is -2.30. The summed E-state index contributed by atoms with van der Waals surface area (Å²) in [6.07, 6.45) is -2.30. The van der Waals surface area contributed by atoms with E-state index in [0.717, 1.165) is 5.56 Å². The number of nitrogens with zero attached hydrogens (tertiary/aromatic N) is 1. The van der Waals surface area contributed by atoms with E-state index in [1.54, 1.807) is 0 Å². The summed E-state index contributed by atoms with van der Waals surface area (Å²) in [7, 11) is 0. The number of piperazine rings is 1. The van der Waals surface area contributed by atoms with Crippen LogP contribution in [0.15, 0.2) is 30.3 Å². The highest BCUT2D eigenvalue weighted by molar-refractivity contribution is 5.25. The number of nitrogens with one attached hydrogen (secondary N) is 1. The summed E-state index contributed by atoms with van der Waals surface area (Å²) in [4.78, 5) is 1.94. The fraction of sp³-hybridized carbons (Fsp3) is 0.625. The van der Waals surface area contributed by atoms with Gasteiger partial charge in [-0.25, -0.2) is 8.78 Å². The molecule has 4 heteroatoms. The highest BCUT2D eigenvalue weighted by Gasteiger charge is 2.40. The monoisotopic (exact) mass is 282 g/mol. The molecule has 1 aromatic carbocycles. The number of benzene rings is 1. The number of hydrogen-bond acceptors (Lipinski definition) is 2. The first-order valence-corrected chi connectivity index (χ1v) is 7.25. The molecule has 1 N–H and O–H groups in total. The van der Waals surface area contributed by atoms with Crippen LogP contribution in [-0.4, -0.2) is 37.0 Å². The minimum absolute atomic E-state index is 0.170. The van der Waals surface area contributed by atoms with Crippen LogP contribution < -0.4 is 5.32 Å². The van der Waals surface area contributed by atoms with Crippen LogP contribution in [0.25, 0.3) is 0 Å². The van der Waals surface area contributed by atoms with Gasteiger partial charge in [0.25, 0.3) is 6.43 Å². The standard InChI is InChI=1S/C16H24F2N2/c1-12(2)14-9-20(10-15(17)18)16(3,11-19-14)13-7-5-4-6-8-13/h4-8,12,14-15,19H,9-11H2,1-3H3. The number of hydrogen-bond donors (Lipinski definition) is 1. The second-order valence-electron chi connectivity index (χ2n) is 6.17. The Morgan fingerprint density at radius 2 is 1.95 bits per heavy atom. The summed E-state index contributed by atoms with van der Waals surface area (Å²) in [6, 6.07) is 10.2. The largest absolute Gasteiger partial charge is 0.310 e. The van der Waals surface area contributed by atoms with E-state index in [2.05, 4.69) is 19.2 Å². The molecule has 0 aromatic heterocycles. The lowest BCUT2D eigenvalue weighted by Crippen LogP contribution is -2.63. The molecule has 0 bridgehead atoms. The molecule has 20 heavy (non-hydrogen) atoms. The van der Waals surface area contributed by atoms with Crippen LogP contribution in [0.4, 0.5) is 8.78 Å². The third-order valence-electron chi connectivity index (χ3n) is 4.38. The first-order valence-electron chi connectivity index (χ1n) is 7.25. The molecule has 0 saturated carbocycles. The van der Waals surface area contributed by atoms with E-state index in [0.29, 0.717) is 19.0 Å². The van der Waals surface area contributed by atoms with E-state index in [1.165, 1.54) is 0 Å². The normalized spacial score (nSPS) is 28.2. The molecule has 0 aliphatic carbocycles. The zero-order valence-electron chi connectivity index (χ0n) is 12.4. The van der Waals surface area contributed by atoms with Crippen LogP contribution in [-0.2, 0) is 5.54 Å². The lowest BCUT2D eigenvalue weighted by Gasteiger charge is -2.49. The third-order valence-corrected chi connectivity index (χ3v) is 4.38. The summed E-state index contributed by atoms with van der Waals surface area (Å²) in [5.41, 5.74) is 0.721. The van der Waals surface area contributed by atoms with Crippen molar-refractivity contribution in [3.05, 3.63) is 35.9 Å². The van der Waals surface area contributed by atoms with Gasteiger partial charge < -0.3 is 5.32 Å². The fourth-order valence-corrected chi connectivity index (χ4v) is 2.92. The Labute approximate surface area is 120 Å². The Morgan fingerprint density at radius 1 is 1.30 bits per heavy atom. The Hall–Kier alpha value is -1.00. The second-order valence-corrected chi connectivity index (χ2v) is 6.17. The van der Waals surface area contributed by atoms with Gasteiger partial charge in [0.15, 0.2) is 0 Å². The summed E-state index contributed by atoms with van der Waals surface area (Å²) >= 11 is 0. The molecule has 0 spiro atoms. The van der Waals surface area contributed by atoms with Crippen LogP contribution in [0.2, 0.25) is 0 Å². The molecule has 1 fully saturated rings. The van der Waals surface area contributed by atoms with Crippen molar-refractivity contribution in [2.75, 3.05) is 19.6 Å². The van der Waals surface area contributed by atoms with Gasteiger partial charge >= 0.3 is 0 Å². The van der Waals surface area contributed by atoms with Crippen molar-refractivity contribution < 1.29 is 8.78 Å². The number of rotatable bonds is 4. The maximum atomic E-state index is 12.9. The molecular weight excluding hydrogens is 258 g/mol. The molecule has 0 radical (unpaired) electrons.